The molecule has 0 aliphatic heterocycles. The van der Waals surface area contributed by atoms with Crippen LogP contribution in [-0.4, -0.2) is 43.9 Å². The number of carbonyl (C=O) groups is 1. The number of aryl methyl sites for hydroxylation is 1. The summed E-state index contributed by atoms with van der Waals surface area (Å²) in [4.78, 5) is 12.4. The molecule has 2 unspecified atom stereocenters. The number of nitrogens with zero attached hydrogens (tertiary/aromatic N) is 4. The number of halogens is 12. The maximum atomic E-state index is 13.9. The van der Waals surface area contributed by atoms with Crippen LogP contribution >= 0.6 is 22.9 Å². The quantitative estimate of drug-likeness (QED) is 0.347. The van der Waals surface area contributed by atoms with Crippen molar-refractivity contribution in [3.63, 3.8) is 0 Å². The van der Waals surface area contributed by atoms with E-state index < -0.39 is 59.4 Å². The summed E-state index contributed by atoms with van der Waals surface area (Å²) in [6.45, 7) is 0. The summed E-state index contributed by atoms with van der Waals surface area (Å²) in [5.41, 5.74) is -5.21. The lowest BCUT2D eigenvalue weighted by molar-refractivity contribution is -0.292. The summed E-state index contributed by atoms with van der Waals surface area (Å²) in [7, 11) is 0.707. The van der Waals surface area contributed by atoms with Gasteiger partial charge in [0.25, 0.3) is 5.91 Å². The van der Waals surface area contributed by atoms with E-state index in [9.17, 15) is 53.1 Å². The van der Waals surface area contributed by atoms with Crippen LogP contribution in [0.5, 0.6) is 0 Å². The van der Waals surface area contributed by atoms with Gasteiger partial charge in [0, 0.05) is 29.7 Å². The normalized spacial score (nSPS) is 18.7. The molecule has 1 saturated carbocycles. The molecule has 1 N–H and O–H groups in total. The fraction of sp³-hybridized carbons (Fsp3) is 0.421. The van der Waals surface area contributed by atoms with Crippen LogP contribution in [-0.2, 0) is 19.1 Å². The number of carbonyl (C=O) groups excluding carboxylic acids is 1. The van der Waals surface area contributed by atoms with Gasteiger partial charge in [-0.15, -0.1) is 11.3 Å². The Morgan fingerprint density at radius 1 is 1.11 bits per heavy atom. The van der Waals surface area contributed by atoms with Crippen LogP contribution in [0.4, 0.5) is 48.3 Å². The second-order valence-electron chi connectivity index (χ2n) is 8.18. The van der Waals surface area contributed by atoms with E-state index in [2.05, 4.69) is 15.5 Å². The van der Waals surface area contributed by atoms with Crippen molar-refractivity contribution in [1.29, 1.82) is 0 Å². The number of rotatable bonds is 5. The standard InChI is InChI=1S/C19H11ClF11N5OS/c1-35-15(11(18(26,27)28)12(34-35)16(21,22)19(29,30)31)36-5-6(4-32-36)10-2-7(13(20)38-10)14(37)33-9-3-8(9)17(23,24)25/h2,4-5,8-9H,3H2,1H3,(H,33,37). The molecule has 3 aromatic heterocycles. The first-order chi connectivity index (χ1) is 17.2. The van der Waals surface area contributed by atoms with Crippen molar-refractivity contribution in [1.82, 2.24) is 24.9 Å². The van der Waals surface area contributed by atoms with Gasteiger partial charge in [0.15, 0.2) is 11.5 Å². The largest absolute Gasteiger partial charge is 0.459 e. The van der Waals surface area contributed by atoms with Crippen LogP contribution < -0.4 is 5.32 Å². The number of nitrogens with one attached hydrogen (secondary N) is 1. The van der Waals surface area contributed by atoms with Crippen molar-refractivity contribution >= 4 is 28.8 Å². The molecule has 2 atom stereocenters. The van der Waals surface area contributed by atoms with E-state index in [0.717, 1.165) is 18.5 Å². The Hall–Kier alpha value is -2.89. The number of aromatic nitrogens is 4. The zero-order chi connectivity index (χ0) is 28.6. The van der Waals surface area contributed by atoms with E-state index in [4.69, 9.17) is 11.6 Å². The second kappa shape index (κ2) is 8.82. The van der Waals surface area contributed by atoms with Crippen LogP contribution in [0, 0.1) is 5.92 Å². The molecule has 19 heteroatoms. The number of hydrogen-bond donors (Lipinski definition) is 1. The minimum absolute atomic E-state index is 0.0333. The Balaban J connectivity index is 1.67. The van der Waals surface area contributed by atoms with Gasteiger partial charge in [-0.05, 0) is 12.5 Å². The van der Waals surface area contributed by atoms with Gasteiger partial charge in [0.2, 0.25) is 0 Å². The molecule has 0 radical (unpaired) electrons. The summed E-state index contributed by atoms with van der Waals surface area (Å²) in [5, 5.41) is 8.56. The number of alkyl halides is 11. The first-order valence-corrected chi connectivity index (χ1v) is 11.2. The van der Waals surface area contributed by atoms with E-state index >= 15 is 0 Å². The van der Waals surface area contributed by atoms with Crippen molar-refractivity contribution < 1.29 is 53.1 Å². The summed E-state index contributed by atoms with van der Waals surface area (Å²) >= 11 is 6.71. The molecule has 1 aliphatic rings. The molecule has 0 bridgehead atoms. The third-order valence-corrected chi connectivity index (χ3v) is 6.90. The highest BCUT2D eigenvalue weighted by Crippen LogP contribution is 2.49. The predicted molar refractivity (Wildman–Crippen MR) is 109 cm³/mol. The van der Waals surface area contributed by atoms with Crippen LogP contribution in [0.25, 0.3) is 16.3 Å². The first-order valence-electron chi connectivity index (χ1n) is 10.0. The van der Waals surface area contributed by atoms with Gasteiger partial charge in [-0.1, -0.05) is 11.6 Å². The highest BCUT2D eigenvalue weighted by Gasteiger charge is 2.64. The topological polar surface area (TPSA) is 64.7 Å². The highest BCUT2D eigenvalue weighted by molar-refractivity contribution is 7.19. The SMILES string of the molecule is Cn1nc(C(F)(F)C(F)(F)F)c(C(F)(F)F)c1-n1cc(-c2cc(C(=O)NC3CC3C(F)(F)F)c(Cl)s2)cn1. The Morgan fingerprint density at radius 3 is 2.26 bits per heavy atom. The first kappa shape index (κ1) is 28.1. The lowest BCUT2D eigenvalue weighted by Gasteiger charge is -2.19. The molecule has 0 saturated heterocycles. The fourth-order valence-electron chi connectivity index (χ4n) is 3.59. The molecule has 38 heavy (non-hydrogen) atoms. The van der Waals surface area contributed by atoms with Crippen LogP contribution in [0.2, 0.25) is 4.34 Å². The molecule has 1 fully saturated rings. The summed E-state index contributed by atoms with van der Waals surface area (Å²) in [5.74, 6) is -9.85. The van der Waals surface area contributed by atoms with E-state index in [1.165, 1.54) is 0 Å². The molecule has 1 aliphatic carbocycles. The van der Waals surface area contributed by atoms with Gasteiger partial charge in [-0.3, -0.25) is 4.79 Å². The monoisotopic (exact) mass is 601 g/mol. The average molecular weight is 602 g/mol. The van der Waals surface area contributed by atoms with Crippen LogP contribution in [0.3, 0.4) is 0 Å². The van der Waals surface area contributed by atoms with Crippen molar-refractivity contribution in [2.24, 2.45) is 13.0 Å². The van der Waals surface area contributed by atoms with Gasteiger partial charge >= 0.3 is 24.5 Å². The summed E-state index contributed by atoms with van der Waals surface area (Å²) in [6, 6.07) is -0.0365. The van der Waals surface area contributed by atoms with E-state index in [1.54, 1.807) is 0 Å². The lowest BCUT2D eigenvalue weighted by atomic mass is 10.1. The Labute approximate surface area is 213 Å². The maximum Gasteiger partial charge on any atom is 0.459 e. The predicted octanol–water partition coefficient (Wildman–Crippen LogP) is 6.34. The Kier molecular flexibility index (Phi) is 6.53. The molecule has 4 rings (SSSR count). The molecule has 208 valence electrons. The molecule has 3 heterocycles. The lowest BCUT2D eigenvalue weighted by Crippen LogP contribution is -2.36. The van der Waals surface area contributed by atoms with Crippen LogP contribution in [0.15, 0.2) is 18.5 Å². The molecule has 0 spiro atoms. The van der Waals surface area contributed by atoms with Gasteiger partial charge in [0.05, 0.1) is 17.7 Å². The second-order valence-corrected chi connectivity index (χ2v) is 9.83. The van der Waals surface area contributed by atoms with Crippen LogP contribution in [0.1, 0.15) is 28.0 Å². The highest BCUT2D eigenvalue weighted by atomic mass is 35.5. The van der Waals surface area contributed by atoms with Gasteiger partial charge in [0.1, 0.15) is 9.90 Å². The number of hydrogen-bond acceptors (Lipinski definition) is 4. The van der Waals surface area contributed by atoms with Crippen molar-refractivity contribution in [3.8, 4) is 16.3 Å². The minimum atomic E-state index is -6.38. The third kappa shape index (κ3) is 4.94. The van der Waals surface area contributed by atoms with Gasteiger partial charge in [-0.2, -0.15) is 58.5 Å². The maximum absolute atomic E-state index is 13.9. The summed E-state index contributed by atoms with van der Waals surface area (Å²) < 4.78 is 146. The zero-order valence-corrected chi connectivity index (χ0v) is 19.8. The van der Waals surface area contributed by atoms with Gasteiger partial charge in [-0.25, -0.2) is 9.36 Å². The minimum Gasteiger partial charge on any atom is -0.349 e. The fourth-order valence-corrected chi connectivity index (χ4v) is 4.83. The van der Waals surface area contributed by atoms with E-state index in [1.807, 2.05) is 0 Å². The number of thiophene rings is 1. The molecule has 1 amide bonds. The Morgan fingerprint density at radius 2 is 1.74 bits per heavy atom. The molecule has 0 aromatic carbocycles. The van der Waals surface area contributed by atoms with Crippen molar-refractivity contribution in [3.05, 3.63) is 39.6 Å². The smallest absolute Gasteiger partial charge is 0.349 e. The third-order valence-electron chi connectivity index (χ3n) is 5.50. The molecule has 3 aromatic rings. The average Bonchev–Trinajstić information content (AvgIpc) is 3.08. The van der Waals surface area contributed by atoms with E-state index in [0.29, 0.717) is 23.1 Å². The van der Waals surface area contributed by atoms with Crippen molar-refractivity contribution in [2.75, 3.05) is 0 Å². The van der Waals surface area contributed by atoms with Crippen molar-refractivity contribution in [2.45, 2.75) is 36.9 Å². The van der Waals surface area contributed by atoms with Gasteiger partial charge < -0.3 is 5.32 Å². The Bertz CT molecular complexity index is 1380. The molecular weight excluding hydrogens is 591 g/mol. The summed E-state index contributed by atoms with van der Waals surface area (Å²) in [6.07, 6.45) is -15.1. The number of amides is 1. The zero-order valence-electron chi connectivity index (χ0n) is 18.2. The molecular formula is C19H11ClF11N5OS. The van der Waals surface area contributed by atoms with E-state index in [-0.39, 0.29) is 31.4 Å². The molecule has 6 nitrogen and oxygen atoms in total.